The van der Waals surface area contributed by atoms with Gasteiger partial charge in [-0.1, -0.05) is 55.5 Å². The fourth-order valence-electron chi connectivity index (χ4n) is 5.95. The van der Waals surface area contributed by atoms with Gasteiger partial charge in [0.1, 0.15) is 9.75 Å². The molecule has 3 aliphatic carbocycles. The normalized spacial score (nSPS) is 27.9. The summed E-state index contributed by atoms with van der Waals surface area (Å²) in [6.45, 7) is 2.24. The van der Waals surface area contributed by atoms with Gasteiger partial charge in [0.15, 0.2) is 0 Å². The Labute approximate surface area is 212 Å². The standard InChI is InChI=1S/C28H21Cl2NO4/c1-2-15-35-26(34)16-11-13-17(14-12-16)31-24(32)22-23(25(31)33)28(30)19-8-4-3-7-18(19)27(22,29)20-9-5-6-10-21(20)28/h3-14,22-23H,2,15H2,1H3/t22-,23-,27?,28?/m0/s1. The van der Waals surface area contributed by atoms with E-state index in [4.69, 9.17) is 27.9 Å². The molecule has 35 heavy (non-hydrogen) atoms. The van der Waals surface area contributed by atoms with Gasteiger partial charge in [0.25, 0.3) is 0 Å². The third-order valence-corrected chi connectivity index (χ3v) is 8.67. The van der Waals surface area contributed by atoms with Crippen LogP contribution in [0.4, 0.5) is 5.69 Å². The minimum absolute atomic E-state index is 0.323. The third-order valence-electron chi connectivity index (χ3n) is 7.38. The van der Waals surface area contributed by atoms with Crippen LogP contribution in [0.25, 0.3) is 0 Å². The van der Waals surface area contributed by atoms with Crippen molar-refractivity contribution in [3.05, 3.63) is 101 Å². The predicted octanol–water partition coefficient (Wildman–Crippen LogP) is 5.35. The van der Waals surface area contributed by atoms with Gasteiger partial charge < -0.3 is 4.74 Å². The molecule has 0 N–H and O–H groups in total. The molecule has 1 fully saturated rings. The lowest BCUT2D eigenvalue weighted by Crippen LogP contribution is -2.57. The number of nitrogens with zero attached hydrogens (tertiary/aromatic N) is 1. The van der Waals surface area contributed by atoms with E-state index in [9.17, 15) is 14.4 Å². The van der Waals surface area contributed by atoms with Crippen molar-refractivity contribution >= 4 is 46.7 Å². The summed E-state index contributed by atoms with van der Waals surface area (Å²) in [6.07, 6.45) is 0.717. The van der Waals surface area contributed by atoms with Crippen LogP contribution in [0.3, 0.4) is 0 Å². The van der Waals surface area contributed by atoms with Crippen molar-refractivity contribution in [2.24, 2.45) is 11.8 Å². The highest BCUT2D eigenvalue weighted by Gasteiger charge is 2.73. The highest BCUT2D eigenvalue weighted by atomic mass is 35.5. The number of alkyl halides is 2. The lowest BCUT2D eigenvalue weighted by Gasteiger charge is -2.54. The lowest BCUT2D eigenvalue weighted by molar-refractivity contribution is -0.122. The molecular formula is C28H21Cl2NO4. The van der Waals surface area contributed by atoms with Gasteiger partial charge in [-0.2, -0.15) is 0 Å². The van der Waals surface area contributed by atoms with E-state index in [0.29, 0.717) is 24.3 Å². The molecule has 0 saturated carbocycles. The van der Waals surface area contributed by atoms with Crippen molar-refractivity contribution in [1.82, 2.24) is 0 Å². The Morgan fingerprint density at radius 2 is 1.23 bits per heavy atom. The van der Waals surface area contributed by atoms with Gasteiger partial charge in [0, 0.05) is 0 Å². The van der Waals surface area contributed by atoms with E-state index in [1.165, 1.54) is 4.90 Å². The Morgan fingerprint density at radius 1 is 0.800 bits per heavy atom. The number of rotatable bonds is 4. The van der Waals surface area contributed by atoms with Gasteiger partial charge in [-0.3, -0.25) is 9.59 Å². The molecule has 3 aromatic carbocycles. The minimum atomic E-state index is -1.22. The molecule has 7 rings (SSSR count). The van der Waals surface area contributed by atoms with Crippen molar-refractivity contribution in [3.63, 3.8) is 0 Å². The number of esters is 1. The second-order valence-electron chi connectivity index (χ2n) is 9.16. The van der Waals surface area contributed by atoms with Crippen LogP contribution in [0, 0.1) is 11.8 Å². The second kappa shape index (κ2) is 7.67. The number of anilines is 1. The van der Waals surface area contributed by atoms with Crippen molar-refractivity contribution in [2.75, 3.05) is 11.5 Å². The first-order valence-corrected chi connectivity index (χ1v) is 12.3. The summed E-state index contributed by atoms with van der Waals surface area (Å²) in [7, 11) is 0. The van der Waals surface area contributed by atoms with Gasteiger partial charge >= 0.3 is 5.97 Å². The number of hydrogen-bond donors (Lipinski definition) is 0. The van der Waals surface area contributed by atoms with Crippen LogP contribution >= 0.6 is 23.2 Å². The van der Waals surface area contributed by atoms with Gasteiger partial charge in [-0.25, -0.2) is 9.69 Å². The average molecular weight is 506 g/mol. The molecule has 3 aromatic rings. The summed E-state index contributed by atoms with van der Waals surface area (Å²) in [5.41, 5.74) is 3.75. The van der Waals surface area contributed by atoms with Crippen molar-refractivity contribution in [1.29, 1.82) is 0 Å². The number of imide groups is 1. The molecule has 2 atom stereocenters. The van der Waals surface area contributed by atoms with Crippen molar-refractivity contribution < 1.29 is 19.1 Å². The first-order chi connectivity index (χ1) is 16.8. The molecule has 7 heteroatoms. The molecule has 1 heterocycles. The maximum Gasteiger partial charge on any atom is 0.338 e. The van der Waals surface area contributed by atoms with Gasteiger partial charge in [0.05, 0.1) is 29.7 Å². The SMILES string of the molecule is CCCOC(=O)c1ccc(N2C(=O)[C@@H]3[C@@H](C2=O)C2(Cl)c4ccccc4C3(Cl)c3ccccc32)cc1. The van der Waals surface area contributed by atoms with E-state index in [0.717, 1.165) is 22.3 Å². The summed E-state index contributed by atoms with van der Waals surface area (Å²) < 4.78 is 5.18. The zero-order chi connectivity index (χ0) is 24.5. The molecule has 0 aromatic heterocycles. The summed E-state index contributed by atoms with van der Waals surface area (Å²) in [6, 6.07) is 21.3. The molecule has 2 amide bonds. The molecule has 0 radical (unpaired) electrons. The molecule has 0 unspecified atom stereocenters. The number of hydrogen-bond acceptors (Lipinski definition) is 4. The topological polar surface area (TPSA) is 63.7 Å². The molecule has 4 aliphatic rings. The number of carbonyl (C=O) groups is 3. The molecule has 176 valence electrons. The van der Waals surface area contributed by atoms with Crippen LogP contribution in [0.2, 0.25) is 0 Å². The Morgan fingerprint density at radius 3 is 1.63 bits per heavy atom. The third kappa shape index (κ3) is 2.74. The molecule has 1 saturated heterocycles. The van der Waals surface area contributed by atoms with Crippen LogP contribution in [0.5, 0.6) is 0 Å². The van der Waals surface area contributed by atoms with E-state index < -0.39 is 39.4 Å². The summed E-state index contributed by atoms with van der Waals surface area (Å²) in [5, 5.41) is 0. The van der Waals surface area contributed by atoms with E-state index in [2.05, 4.69) is 0 Å². The maximum atomic E-state index is 13.9. The minimum Gasteiger partial charge on any atom is -0.462 e. The summed E-state index contributed by atoms with van der Waals surface area (Å²) >= 11 is 14.9. The number of carbonyl (C=O) groups excluding carboxylic acids is 3. The van der Waals surface area contributed by atoms with Crippen LogP contribution in [0.15, 0.2) is 72.8 Å². The highest BCUT2D eigenvalue weighted by molar-refractivity contribution is 6.38. The van der Waals surface area contributed by atoms with Crippen LogP contribution in [-0.2, 0) is 24.1 Å². The van der Waals surface area contributed by atoms with Crippen LogP contribution < -0.4 is 4.90 Å². The largest absolute Gasteiger partial charge is 0.462 e. The highest BCUT2D eigenvalue weighted by Crippen LogP contribution is 2.69. The first kappa shape index (κ1) is 22.3. The Balaban J connectivity index is 1.47. The maximum absolute atomic E-state index is 13.9. The lowest BCUT2D eigenvalue weighted by atomic mass is 9.54. The predicted molar refractivity (Wildman–Crippen MR) is 133 cm³/mol. The van der Waals surface area contributed by atoms with Crippen LogP contribution in [-0.4, -0.2) is 24.4 Å². The zero-order valence-corrected chi connectivity index (χ0v) is 20.3. The fraction of sp³-hybridized carbons (Fsp3) is 0.250. The van der Waals surface area contributed by atoms with E-state index in [-0.39, 0.29) is 0 Å². The number of ether oxygens (including phenoxy) is 1. The average Bonchev–Trinajstić information content (AvgIpc) is 3.17. The Hall–Kier alpha value is -3.15. The zero-order valence-electron chi connectivity index (χ0n) is 18.8. The Kier molecular flexibility index (Phi) is 4.89. The smallest absolute Gasteiger partial charge is 0.338 e. The monoisotopic (exact) mass is 505 g/mol. The molecular weight excluding hydrogens is 485 g/mol. The van der Waals surface area contributed by atoms with Gasteiger partial charge in [0.2, 0.25) is 11.8 Å². The van der Waals surface area contributed by atoms with Crippen molar-refractivity contribution in [3.8, 4) is 0 Å². The van der Waals surface area contributed by atoms with Gasteiger partial charge in [-0.15, -0.1) is 23.2 Å². The molecule has 1 aliphatic heterocycles. The summed E-state index contributed by atoms with van der Waals surface area (Å²) in [4.78, 5) is 38.8. The van der Waals surface area contributed by atoms with E-state index in [1.807, 2.05) is 55.5 Å². The number of halogens is 2. The summed E-state index contributed by atoms with van der Waals surface area (Å²) in [5.74, 6) is -2.98. The quantitative estimate of drug-likeness (QED) is 0.272. The number of amides is 2. The Bertz CT molecular complexity index is 1280. The second-order valence-corrected chi connectivity index (χ2v) is 10.4. The van der Waals surface area contributed by atoms with Gasteiger partial charge in [-0.05, 0) is 52.9 Å². The molecule has 0 spiro atoms. The molecule has 2 bridgehead atoms. The first-order valence-electron chi connectivity index (χ1n) is 11.6. The van der Waals surface area contributed by atoms with E-state index >= 15 is 0 Å². The molecule has 5 nitrogen and oxygen atoms in total. The van der Waals surface area contributed by atoms with Crippen molar-refractivity contribution in [2.45, 2.75) is 23.1 Å². The van der Waals surface area contributed by atoms with E-state index in [1.54, 1.807) is 24.3 Å². The fourth-order valence-corrected chi connectivity index (χ4v) is 7.04. The van der Waals surface area contributed by atoms with Crippen LogP contribution in [0.1, 0.15) is 46.0 Å². The number of benzene rings is 3.